The summed E-state index contributed by atoms with van der Waals surface area (Å²) >= 11 is 0. The van der Waals surface area contributed by atoms with E-state index in [1.54, 1.807) is 0 Å². The second-order valence-electron chi connectivity index (χ2n) is 4.14. The van der Waals surface area contributed by atoms with Crippen molar-refractivity contribution in [1.29, 1.82) is 0 Å². The van der Waals surface area contributed by atoms with Crippen molar-refractivity contribution in [3.8, 4) is 0 Å². The van der Waals surface area contributed by atoms with E-state index in [9.17, 15) is 9.59 Å². The van der Waals surface area contributed by atoms with E-state index < -0.39 is 0 Å². The van der Waals surface area contributed by atoms with Crippen LogP contribution in [0.5, 0.6) is 0 Å². The van der Waals surface area contributed by atoms with Crippen LogP contribution in [0.15, 0.2) is 35.3 Å². The molecule has 17 heavy (non-hydrogen) atoms. The zero-order chi connectivity index (χ0) is 12.3. The third-order valence-corrected chi connectivity index (χ3v) is 2.69. The molecule has 1 aliphatic carbocycles. The molecule has 0 aromatic carbocycles. The normalized spacial score (nSPS) is 15.1. The fraction of sp³-hybridized carbons (Fsp3) is 0.333. The summed E-state index contributed by atoms with van der Waals surface area (Å²) < 4.78 is 1.31. The number of nitrogens with one attached hydrogen (secondary N) is 1. The summed E-state index contributed by atoms with van der Waals surface area (Å²) in [5, 5.41) is 2.87. The summed E-state index contributed by atoms with van der Waals surface area (Å²) in [6.07, 6.45) is 7.28. The molecule has 0 aliphatic heterocycles. The average molecular weight is 233 g/mol. The molecular formula is C12H15N3O2. The predicted molar refractivity (Wildman–Crippen MR) is 65.4 cm³/mol. The zero-order valence-electron chi connectivity index (χ0n) is 9.43. The van der Waals surface area contributed by atoms with Gasteiger partial charge in [-0.2, -0.15) is 0 Å². The Balaban J connectivity index is 1.97. The first-order valence-corrected chi connectivity index (χ1v) is 5.55. The lowest BCUT2D eigenvalue weighted by Crippen LogP contribution is -2.37. The Morgan fingerprint density at radius 3 is 2.82 bits per heavy atom. The number of hydrogen-bond donors (Lipinski definition) is 2. The van der Waals surface area contributed by atoms with Crippen LogP contribution in [0.4, 0.5) is 5.69 Å². The highest BCUT2D eigenvalue weighted by Crippen LogP contribution is 2.08. The minimum atomic E-state index is -0.223. The molecule has 1 amide bonds. The maximum atomic E-state index is 11.7. The smallest absolute Gasteiger partial charge is 0.251 e. The van der Waals surface area contributed by atoms with Crippen LogP contribution >= 0.6 is 0 Å². The van der Waals surface area contributed by atoms with Gasteiger partial charge in [0.15, 0.2) is 0 Å². The molecule has 0 bridgehead atoms. The first-order valence-electron chi connectivity index (χ1n) is 5.55. The highest BCUT2D eigenvalue weighted by atomic mass is 16.2. The van der Waals surface area contributed by atoms with Gasteiger partial charge < -0.3 is 15.6 Å². The van der Waals surface area contributed by atoms with Crippen LogP contribution in [-0.2, 0) is 11.3 Å². The van der Waals surface area contributed by atoms with Gasteiger partial charge in [0.25, 0.3) is 5.56 Å². The Bertz CT molecular complexity index is 497. The summed E-state index contributed by atoms with van der Waals surface area (Å²) in [5.41, 5.74) is 5.81. The molecule has 1 aromatic heterocycles. The molecule has 2 rings (SSSR count). The van der Waals surface area contributed by atoms with Crippen molar-refractivity contribution >= 4 is 11.6 Å². The number of anilines is 1. The van der Waals surface area contributed by atoms with Crippen molar-refractivity contribution in [1.82, 2.24) is 9.88 Å². The molecule has 0 fully saturated rings. The van der Waals surface area contributed by atoms with Gasteiger partial charge in [-0.05, 0) is 18.9 Å². The number of rotatable bonds is 3. The van der Waals surface area contributed by atoms with E-state index in [0.29, 0.717) is 5.69 Å². The molecule has 0 radical (unpaired) electrons. The quantitative estimate of drug-likeness (QED) is 0.735. The Morgan fingerprint density at radius 1 is 1.41 bits per heavy atom. The number of amides is 1. The first kappa shape index (κ1) is 11.4. The fourth-order valence-electron chi connectivity index (χ4n) is 1.84. The Labute approximate surface area is 98.9 Å². The average Bonchev–Trinajstić information content (AvgIpc) is 2.76. The number of nitrogens with two attached hydrogens (primary N) is 1. The van der Waals surface area contributed by atoms with Crippen molar-refractivity contribution < 1.29 is 4.79 Å². The molecule has 0 atom stereocenters. The van der Waals surface area contributed by atoms with Crippen LogP contribution in [0.1, 0.15) is 12.8 Å². The van der Waals surface area contributed by atoms with Gasteiger partial charge in [-0.1, -0.05) is 12.2 Å². The number of aromatic nitrogens is 1. The molecule has 0 spiro atoms. The minimum absolute atomic E-state index is 0.0143. The second-order valence-corrected chi connectivity index (χ2v) is 4.14. The summed E-state index contributed by atoms with van der Waals surface area (Å²) in [4.78, 5) is 23.2. The molecule has 0 unspecified atom stereocenters. The van der Waals surface area contributed by atoms with E-state index in [1.165, 1.54) is 22.9 Å². The predicted octanol–water partition coefficient (Wildman–Crippen LogP) is 0.265. The molecule has 1 aliphatic rings. The lowest BCUT2D eigenvalue weighted by molar-refractivity contribution is -0.122. The molecule has 5 heteroatoms. The van der Waals surface area contributed by atoms with E-state index in [2.05, 4.69) is 5.32 Å². The number of carbonyl (C=O) groups excluding carboxylic acids is 1. The van der Waals surface area contributed by atoms with Crippen LogP contribution < -0.4 is 16.6 Å². The summed E-state index contributed by atoms with van der Waals surface area (Å²) in [5.74, 6) is -0.161. The molecule has 1 heterocycles. The molecule has 5 nitrogen and oxygen atoms in total. The SMILES string of the molecule is Nc1ccc(=O)n(CC(=O)NC2CC=CC2)c1. The van der Waals surface area contributed by atoms with Crippen LogP contribution in [0.2, 0.25) is 0 Å². The van der Waals surface area contributed by atoms with Crippen molar-refractivity contribution in [3.63, 3.8) is 0 Å². The van der Waals surface area contributed by atoms with Gasteiger partial charge in [-0.15, -0.1) is 0 Å². The zero-order valence-corrected chi connectivity index (χ0v) is 9.43. The minimum Gasteiger partial charge on any atom is -0.398 e. The lowest BCUT2D eigenvalue weighted by Gasteiger charge is -2.12. The molecule has 1 aromatic rings. The van der Waals surface area contributed by atoms with Crippen molar-refractivity contribution in [3.05, 3.63) is 40.8 Å². The van der Waals surface area contributed by atoms with Gasteiger partial charge in [0.05, 0.1) is 0 Å². The Hall–Kier alpha value is -2.04. The molecule has 0 saturated heterocycles. The van der Waals surface area contributed by atoms with Crippen LogP contribution in [0.3, 0.4) is 0 Å². The van der Waals surface area contributed by atoms with Crippen molar-refractivity contribution in [2.24, 2.45) is 0 Å². The number of carbonyl (C=O) groups is 1. The van der Waals surface area contributed by atoms with Gasteiger partial charge in [-0.25, -0.2) is 0 Å². The van der Waals surface area contributed by atoms with Gasteiger partial charge >= 0.3 is 0 Å². The Kier molecular flexibility index (Phi) is 3.27. The van der Waals surface area contributed by atoms with Crippen LogP contribution in [0.25, 0.3) is 0 Å². The van der Waals surface area contributed by atoms with Crippen molar-refractivity contribution in [2.75, 3.05) is 5.73 Å². The molecular weight excluding hydrogens is 218 g/mol. The second kappa shape index (κ2) is 4.86. The fourth-order valence-corrected chi connectivity index (χ4v) is 1.84. The number of hydrogen-bond acceptors (Lipinski definition) is 3. The number of nitrogens with zero attached hydrogens (tertiary/aromatic N) is 1. The van der Waals surface area contributed by atoms with Crippen molar-refractivity contribution in [2.45, 2.75) is 25.4 Å². The largest absolute Gasteiger partial charge is 0.398 e. The molecule has 90 valence electrons. The van der Waals surface area contributed by atoms with E-state index in [4.69, 9.17) is 5.73 Å². The maximum Gasteiger partial charge on any atom is 0.251 e. The number of nitrogen functional groups attached to an aromatic ring is 1. The van der Waals surface area contributed by atoms with Gasteiger partial charge in [0.2, 0.25) is 5.91 Å². The summed E-state index contributed by atoms with van der Waals surface area (Å²) in [6.45, 7) is 0.0143. The van der Waals surface area contributed by atoms with E-state index in [-0.39, 0.29) is 24.1 Å². The first-order chi connectivity index (χ1) is 8.15. The monoisotopic (exact) mass is 233 g/mol. The highest BCUT2D eigenvalue weighted by molar-refractivity contribution is 5.76. The van der Waals surface area contributed by atoms with E-state index in [1.807, 2.05) is 12.2 Å². The molecule has 3 N–H and O–H groups in total. The number of pyridine rings is 1. The topological polar surface area (TPSA) is 77.1 Å². The molecule has 0 saturated carbocycles. The third kappa shape index (κ3) is 2.96. The summed E-state index contributed by atoms with van der Waals surface area (Å²) in [7, 11) is 0. The van der Waals surface area contributed by atoms with Crippen LogP contribution in [0, 0.1) is 0 Å². The van der Waals surface area contributed by atoms with Gasteiger partial charge in [-0.3, -0.25) is 9.59 Å². The third-order valence-electron chi connectivity index (χ3n) is 2.69. The highest BCUT2D eigenvalue weighted by Gasteiger charge is 2.13. The van der Waals surface area contributed by atoms with Gasteiger partial charge in [0, 0.05) is 24.0 Å². The summed E-state index contributed by atoms with van der Waals surface area (Å²) in [6, 6.07) is 3.05. The van der Waals surface area contributed by atoms with Crippen LogP contribution in [-0.4, -0.2) is 16.5 Å². The Morgan fingerprint density at radius 2 is 2.12 bits per heavy atom. The standard InChI is InChI=1S/C12H15N3O2/c13-9-5-6-12(17)15(7-9)8-11(16)14-10-3-1-2-4-10/h1-2,5-7,10H,3-4,8,13H2,(H,14,16). The maximum absolute atomic E-state index is 11.7. The van der Waals surface area contributed by atoms with E-state index >= 15 is 0 Å². The van der Waals surface area contributed by atoms with E-state index in [0.717, 1.165) is 12.8 Å². The van der Waals surface area contributed by atoms with Gasteiger partial charge in [0.1, 0.15) is 6.54 Å². The lowest BCUT2D eigenvalue weighted by atomic mass is 10.2.